The number of nitriles is 1. The Morgan fingerprint density at radius 2 is 1.81 bits per heavy atom. The third-order valence-electron chi connectivity index (χ3n) is 4.43. The zero-order chi connectivity index (χ0) is 15.2. The van der Waals surface area contributed by atoms with Crippen LogP contribution in [0.25, 0.3) is 0 Å². The lowest BCUT2D eigenvalue weighted by molar-refractivity contribution is -0.142. The second-order valence-corrected chi connectivity index (χ2v) is 5.88. The number of likely N-dealkylation sites (tertiary alicyclic amines) is 1. The fraction of sp³-hybridized carbons (Fsp3) is 0.800. The summed E-state index contributed by atoms with van der Waals surface area (Å²) in [5.74, 6) is 0.364. The molecule has 0 aromatic rings. The molecule has 1 unspecified atom stereocenters. The van der Waals surface area contributed by atoms with Crippen molar-refractivity contribution in [1.29, 1.82) is 5.26 Å². The molecule has 6 nitrogen and oxygen atoms in total. The van der Waals surface area contributed by atoms with Gasteiger partial charge in [-0.3, -0.25) is 9.59 Å². The number of rotatable bonds is 3. The fourth-order valence-electron chi connectivity index (χ4n) is 3.17. The van der Waals surface area contributed by atoms with Crippen LogP contribution in [-0.4, -0.2) is 72.3 Å². The second kappa shape index (κ2) is 7.41. The Morgan fingerprint density at radius 3 is 2.43 bits per heavy atom. The minimum Gasteiger partial charge on any atom is -0.339 e. The average Bonchev–Trinajstić information content (AvgIpc) is 2.52. The molecule has 6 heteroatoms. The quantitative estimate of drug-likeness (QED) is 0.750. The van der Waals surface area contributed by atoms with Gasteiger partial charge in [-0.25, -0.2) is 0 Å². The van der Waals surface area contributed by atoms with E-state index in [1.807, 2.05) is 4.90 Å². The van der Waals surface area contributed by atoms with Gasteiger partial charge in [0, 0.05) is 52.6 Å². The molecule has 116 valence electrons. The van der Waals surface area contributed by atoms with Crippen molar-refractivity contribution in [3.63, 3.8) is 0 Å². The van der Waals surface area contributed by atoms with Crippen LogP contribution >= 0.6 is 0 Å². The van der Waals surface area contributed by atoms with E-state index in [0.29, 0.717) is 32.6 Å². The van der Waals surface area contributed by atoms with E-state index in [-0.39, 0.29) is 17.7 Å². The number of piperidine rings is 1. The summed E-state index contributed by atoms with van der Waals surface area (Å²) in [6.45, 7) is 6.68. The molecule has 0 radical (unpaired) electrons. The molecule has 2 saturated heterocycles. The lowest BCUT2D eigenvalue weighted by Crippen LogP contribution is -2.53. The predicted molar refractivity (Wildman–Crippen MR) is 78.2 cm³/mol. The van der Waals surface area contributed by atoms with Crippen molar-refractivity contribution in [2.24, 2.45) is 5.92 Å². The lowest BCUT2D eigenvalue weighted by Gasteiger charge is -2.38. The number of hydrogen-bond acceptors (Lipinski definition) is 4. The van der Waals surface area contributed by atoms with Crippen LogP contribution in [-0.2, 0) is 9.59 Å². The van der Waals surface area contributed by atoms with E-state index in [9.17, 15) is 9.59 Å². The van der Waals surface area contributed by atoms with Crippen LogP contribution in [0, 0.1) is 17.2 Å². The summed E-state index contributed by atoms with van der Waals surface area (Å²) >= 11 is 0. The highest BCUT2D eigenvalue weighted by molar-refractivity contribution is 5.80. The van der Waals surface area contributed by atoms with E-state index >= 15 is 0 Å². The zero-order valence-corrected chi connectivity index (χ0v) is 12.8. The fourth-order valence-corrected chi connectivity index (χ4v) is 3.17. The smallest absolute Gasteiger partial charge is 0.227 e. The van der Waals surface area contributed by atoms with Crippen LogP contribution in [0.1, 0.15) is 26.2 Å². The van der Waals surface area contributed by atoms with Crippen LogP contribution in [0.5, 0.6) is 0 Å². The first-order valence-electron chi connectivity index (χ1n) is 7.75. The highest BCUT2D eigenvalue weighted by Gasteiger charge is 2.31. The summed E-state index contributed by atoms with van der Waals surface area (Å²) < 4.78 is 0. The molecule has 0 aliphatic carbocycles. The van der Waals surface area contributed by atoms with Gasteiger partial charge in [-0.2, -0.15) is 5.26 Å². The molecule has 1 atom stereocenters. The van der Waals surface area contributed by atoms with Gasteiger partial charge in [0.15, 0.2) is 0 Å². The highest BCUT2D eigenvalue weighted by atomic mass is 16.2. The number of piperazine rings is 1. The molecule has 0 N–H and O–H groups in total. The molecule has 2 aliphatic rings. The van der Waals surface area contributed by atoms with E-state index < -0.39 is 0 Å². The van der Waals surface area contributed by atoms with E-state index in [1.54, 1.807) is 11.8 Å². The summed E-state index contributed by atoms with van der Waals surface area (Å²) in [6, 6.07) is 2.16. The molecule has 2 aliphatic heterocycles. The first-order chi connectivity index (χ1) is 10.1. The van der Waals surface area contributed by atoms with Crippen molar-refractivity contribution in [1.82, 2.24) is 14.7 Å². The molecule has 21 heavy (non-hydrogen) atoms. The third-order valence-corrected chi connectivity index (χ3v) is 4.43. The summed E-state index contributed by atoms with van der Waals surface area (Å²) in [7, 11) is 0. The monoisotopic (exact) mass is 292 g/mol. The standard InChI is InChI=1S/C15H24N4O2/c1-13(20)18-8-10-19(11-9-18)15(21)14-4-2-6-17(12-14)7-3-5-16/h14H,2-4,6-12H2,1H3. The van der Waals surface area contributed by atoms with Gasteiger partial charge >= 0.3 is 0 Å². The Kier molecular flexibility index (Phi) is 5.57. The minimum atomic E-state index is 0.0568. The summed E-state index contributed by atoms with van der Waals surface area (Å²) in [4.78, 5) is 29.8. The minimum absolute atomic E-state index is 0.0568. The molecule has 2 rings (SSSR count). The Labute approximate surface area is 126 Å². The van der Waals surface area contributed by atoms with Crippen LogP contribution in [0.4, 0.5) is 0 Å². The van der Waals surface area contributed by atoms with E-state index in [4.69, 9.17) is 5.26 Å². The molecule has 0 bridgehead atoms. The number of carbonyl (C=O) groups is 2. The average molecular weight is 292 g/mol. The molecule has 0 spiro atoms. The summed E-state index contributed by atoms with van der Waals surface area (Å²) in [5, 5.41) is 8.66. The highest BCUT2D eigenvalue weighted by Crippen LogP contribution is 2.20. The van der Waals surface area contributed by atoms with Crippen LogP contribution in [0.3, 0.4) is 0 Å². The van der Waals surface area contributed by atoms with Crippen molar-refractivity contribution in [3.8, 4) is 6.07 Å². The molecular formula is C15H24N4O2. The summed E-state index contributed by atoms with van der Waals surface area (Å²) in [5.41, 5.74) is 0. The normalized spacial score (nSPS) is 23.7. The number of hydrogen-bond donors (Lipinski definition) is 0. The molecule has 2 amide bonds. The first-order valence-corrected chi connectivity index (χ1v) is 7.75. The van der Waals surface area contributed by atoms with Gasteiger partial charge in [0.05, 0.1) is 12.0 Å². The van der Waals surface area contributed by atoms with Crippen molar-refractivity contribution in [2.75, 3.05) is 45.8 Å². The van der Waals surface area contributed by atoms with Gasteiger partial charge in [-0.05, 0) is 19.4 Å². The number of nitrogens with zero attached hydrogens (tertiary/aromatic N) is 4. The van der Waals surface area contributed by atoms with Gasteiger partial charge in [0.2, 0.25) is 11.8 Å². The lowest BCUT2D eigenvalue weighted by atomic mass is 9.96. The summed E-state index contributed by atoms with van der Waals surface area (Å²) in [6.07, 6.45) is 2.49. The maximum absolute atomic E-state index is 12.6. The predicted octanol–water partition coefficient (Wildman–Crippen LogP) is 0.303. The van der Waals surface area contributed by atoms with Crippen molar-refractivity contribution < 1.29 is 9.59 Å². The van der Waals surface area contributed by atoms with Gasteiger partial charge in [0.1, 0.15) is 0 Å². The van der Waals surface area contributed by atoms with E-state index in [0.717, 1.165) is 32.5 Å². The van der Waals surface area contributed by atoms with Crippen molar-refractivity contribution in [2.45, 2.75) is 26.2 Å². The Balaban J connectivity index is 1.83. The first kappa shape index (κ1) is 15.8. The Morgan fingerprint density at radius 1 is 1.14 bits per heavy atom. The molecule has 0 aromatic carbocycles. The van der Waals surface area contributed by atoms with E-state index in [2.05, 4.69) is 11.0 Å². The maximum atomic E-state index is 12.6. The maximum Gasteiger partial charge on any atom is 0.227 e. The van der Waals surface area contributed by atoms with Gasteiger partial charge in [0.25, 0.3) is 0 Å². The largest absolute Gasteiger partial charge is 0.339 e. The van der Waals surface area contributed by atoms with Gasteiger partial charge in [-0.15, -0.1) is 0 Å². The van der Waals surface area contributed by atoms with Crippen molar-refractivity contribution in [3.05, 3.63) is 0 Å². The van der Waals surface area contributed by atoms with Gasteiger partial charge < -0.3 is 14.7 Å². The van der Waals surface area contributed by atoms with Gasteiger partial charge in [-0.1, -0.05) is 0 Å². The third kappa shape index (κ3) is 4.18. The molecule has 2 heterocycles. The Hall–Kier alpha value is -1.61. The van der Waals surface area contributed by atoms with Crippen LogP contribution in [0.2, 0.25) is 0 Å². The van der Waals surface area contributed by atoms with E-state index in [1.165, 1.54) is 0 Å². The van der Waals surface area contributed by atoms with Crippen LogP contribution in [0.15, 0.2) is 0 Å². The molecule has 0 aromatic heterocycles. The van der Waals surface area contributed by atoms with Crippen LogP contribution < -0.4 is 0 Å². The zero-order valence-electron chi connectivity index (χ0n) is 12.8. The Bertz CT molecular complexity index is 424. The molecule has 2 fully saturated rings. The number of carbonyl (C=O) groups excluding carboxylic acids is 2. The second-order valence-electron chi connectivity index (χ2n) is 5.88. The van der Waals surface area contributed by atoms with Crippen molar-refractivity contribution >= 4 is 11.8 Å². The number of amides is 2. The molecule has 0 saturated carbocycles. The topological polar surface area (TPSA) is 67.7 Å². The molecular weight excluding hydrogens is 268 g/mol. The SMILES string of the molecule is CC(=O)N1CCN(C(=O)C2CCCN(CCC#N)C2)CC1.